The maximum absolute atomic E-state index is 11.5. The Bertz CT molecular complexity index is 575. The summed E-state index contributed by atoms with van der Waals surface area (Å²) in [6.45, 7) is 3.04. The fourth-order valence-electron chi connectivity index (χ4n) is 2.77. The highest BCUT2D eigenvalue weighted by Crippen LogP contribution is 2.19. The van der Waals surface area contributed by atoms with Crippen LogP contribution in [0.5, 0.6) is 0 Å². The lowest BCUT2D eigenvalue weighted by Gasteiger charge is -2.30. The Hall–Kier alpha value is -1.30. The fraction of sp³-hybridized carbons (Fsp3) is 0.529. The van der Waals surface area contributed by atoms with Crippen molar-refractivity contribution < 1.29 is 24.4 Å². The second-order valence-electron chi connectivity index (χ2n) is 6.00. The van der Waals surface area contributed by atoms with E-state index in [1.54, 1.807) is 24.3 Å². The molecule has 1 heterocycles. The zero-order valence-corrected chi connectivity index (χ0v) is 14.7. The third-order valence-electron chi connectivity index (χ3n) is 4.18. The highest BCUT2D eigenvalue weighted by atomic mass is 31.1. The monoisotopic (exact) mass is 353 g/mol. The van der Waals surface area contributed by atoms with Gasteiger partial charge in [0.15, 0.2) is 5.29 Å². The molecule has 7 heteroatoms. The van der Waals surface area contributed by atoms with Crippen molar-refractivity contribution in [2.75, 3.05) is 13.2 Å². The predicted molar refractivity (Wildman–Crippen MR) is 92.3 cm³/mol. The second kappa shape index (κ2) is 9.25. The van der Waals surface area contributed by atoms with Gasteiger partial charge in [-0.05, 0) is 30.5 Å². The van der Waals surface area contributed by atoms with Crippen molar-refractivity contribution in [1.29, 1.82) is 0 Å². The minimum absolute atomic E-state index is 0.112. The van der Waals surface area contributed by atoms with E-state index in [1.165, 1.54) is 0 Å². The van der Waals surface area contributed by atoms with E-state index < -0.39 is 14.0 Å². The van der Waals surface area contributed by atoms with Crippen molar-refractivity contribution in [3.05, 3.63) is 35.4 Å². The molecule has 1 saturated heterocycles. The Labute approximate surface area is 143 Å². The van der Waals surface area contributed by atoms with Crippen molar-refractivity contribution in [3.8, 4) is 0 Å². The van der Waals surface area contributed by atoms with Crippen molar-refractivity contribution in [1.82, 2.24) is 5.32 Å². The Kier molecular flexibility index (Phi) is 7.34. The zero-order valence-electron chi connectivity index (χ0n) is 13.8. The van der Waals surface area contributed by atoms with Gasteiger partial charge in [-0.1, -0.05) is 25.5 Å². The van der Waals surface area contributed by atoms with Gasteiger partial charge >= 0.3 is 5.97 Å². The molecule has 3 N–H and O–H groups in total. The van der Waals surface area contributed by atoms with E-state index in [1.807, 2.05) is 6.92 Å². The molecular weight excluding hydrogens is 329 g/mol. The Morgan fingerprint density at radius 2 is 2.12 bits per heavy atom. The van der Waals surface area contributed by atoms with Gasteiger partial charge in [-0.15, -0.1) is 0 Å². The molecule has 0 saturated carbocycles. The standard InChI is InChI=1S/C17H24NO5P/c1-2-3-4-16(24(21)22)15-10-18-14(11-23-15)9-12-5-7-13(8-6-12)17(19)20/h5-8,14-15,18H,2-4,9-11H2,1H3,(H,19,20)(H,21,22)/t14-,15+/m1/s1. The average molecular weight is 353 g/mol. The molecule has 1 fully saturated rings. The summed E-state index contributed by atoms with van der Waals surface area (Å²) in [6, 6.07) is 6.91. The molecule has 3 atom stereocenters. The summed E-state index contributed by atoms with van der Waals surface area (Å²) < 4.78 is 5.81. The SMILES string of the molecule is CCCCC([C@@H]1CN[C@H](Cc2ccc(C(=O)O)cc2)CO1)=[P+]([O-])O. The maximum Gasteiger partial charge on any atom is 0.335 e. The van der Waals surface area contributed by atoms with Crippen LogP contribution < -0.4 is 10.2 Å². The van der Waals surface area contributed by atoms with Crippen molar-refractivity contribution in [2.24, 2.45) is 0 Å². The summed E-state index contributed by atoms with van der Waals surface area (Å²) in [5, 5.41) is 12.9. The fourth-order valence-corrected chi connectivity index (χ4v) is 3.54. The molecule has 1 unspecified atom stereocenters. The number of carbonyl (C=O) groups is 1. The Morgan fingerprint density at radius 3 is 2.62 bits per heavy atom. The van der Waals surface area contributed by atoms with Crippen LogP contribution >= 0.6 is 8.00 Å². The van der Waals surface area contributed by atoms with Gasteiger partial charge in [-0.25, -0.2) is 4.79 Å². The molecule has 0 amide bonds. The maximum atomic E-state index is 11.5. The number of unbranched alkanes of at least 4 members (excludes halogenated alkanes) is 1. The van der Waals surface area contributed by atoms with E-state index in [9.17, 15) is 14.6 Å². The number of carboxylic acid groups (broad SMARTS) is 1. The van der Waals surface area contributed by atoms with Gasteiger partial charge < -0.3 is 20.1 Å². The quantitative estimate of drug-likeness (QED) is 0.639. The van der Waals surface area contributed by atoms with Gasteiger partial charge in [0.05, 0.1) is 12.2 Å². The lowest BCUT2D eigenvalue weighted by molar-refractivity contribution is -0.168. The Balaban J connectivity index is 1.88. The predicted octanol–water partition coefficient (Wildman–Crippen LogP) is 1.31. The third-order valence-corrected chi connectivity index (χ3v) is 5.18. The third kappa shape index (κ3) is 5.36. The molecule has 1 aromatic rings. The van der Waals surface area contributed by atoms with Gasteiger partial charge in [0.25, 0.3) is 0 Å². The van der Waals surface area contributed by atoms with Gasteiger partial charge in [0.2, 0.25) is 8.00 Å². The number of benzene rings is 1. The zero-order chi connectivity index (χ0) is 17.5. The summed E-state index contributed by atoms with van der Waals surface area (Å²) in [4.78, 5) is 31.9. The number of morpholine rings is 1. The van der Waals surface area contributed by atoms with Crippen LogP contribution in [0, 0.1) is 0 Å². The highest BCUT2D eigenvalue weighted by Gasteiger charge is 2.29. The molecule has 1 aromatic carbocycles. The smallest absolute Gasteiger partial charge is 0.335 e. The van der Waals surface area contributed by atoms with Gasteiger partial charge in [0, 0.05) is 19.0 Å². The van der Waals surface area contributed by atoms with Crippen LogP contribution in [0.15, 0.2) is 24.3 Å². The van der Waals surface area contributed by atoms with E-state index in [-0.39, 0.29) is 17.7 Å². The van der Waals surface area contributed by atoms with Gasteiger partial charge in [-0.3, -0.25) is 0 Å². The van der Waals surface area contributed by atoms with E-state index >= 15 is 0 Å². The molecular formula is C17H24NO5P. The first-order valence-corrected chi connectivity index (χ1v) is 9.41. The number of hydrogen-bond donors (Lipinski definition) is 3. The topological polar surface area (TPSA) is 102 Å². The van der Waals surface area contributed by atoms with Gasteiger partial charge in [0.1, 0.15) is 6.10 Å². The van der Waals surface area contributed by atoms with Crippen LogP contribution in [0.4, 0.5) is 0 Å². The molecule has 1 aliphatic rings. The average Bonchev–Trinajstić information content (AvgIpc) is 2.57. The molecule has 132 valence electrons. The van der Waals surface area contributed by atoms with E-state index in [2.05, 4.69) is 5.32 Å². The van der Waals surface area contributed by atoms with Crippen LogP contribution in [0.25, 0.3) is 0 Å². The number of rotatable bonds is 7. The van der Waals surface area contributed by atoms with Crippen LogP contribution in [0.3, 0.4) is 0 Å². The number of carboxylic acids is 1. The van der Waals surface area contributed by atoms with E-state index in [0.29, 0.717) is 24.9 Å². The van der Waals surface area contributed by atoms with Crippen molar-refractivity contribution >= 4 is 19.3 Å². The molecule has 0 aliphatic carbocycles. The molecule has 2 rings (SSSR count). The molecule has 0 radical (unpaired) electrons. The number of nitrogens with one attached hydrogen (secondary N) is 1. The molecule has 6 nitrogen and oxygen atoms in total. The van der Waals surface area contributed by atoms with Crippen LogP contribution in [-0.2, 0) is 11.2 Å². The van der Waals surface area contributed by atoms with Gasteiger partial charge in [-0.2, -0.15) is 4.89 Å². The minimum Gasteiger partial charge on any atom is -0.603 e. The number of hydrogen-bond acceptors (Lipinski definition) is 5. The lowest BCUT2D eigenvalue weighted by Crippen LogP contribution is -2.50. The second-order valence-corrected chi connectivity index (χ2v) is 7.12. The molecule has 24 heavy (non-hydrogen) atoms. The normalized spacial score (nSPS) is 22.1. The molecule has 0 aromatic heterocycles. The largest absolute Gasteiger partial charge is 0.603 e. The summed E-state index contributed by atoms with van der Waals surface area (Å²) in [5.74, 6) is -0.934. The van der Waals surface area contributed by atoms with Crippen molar-refractivity contribution in [2.45, 2.75) is 44.8 Å². The Morgan fingerprint density at radius 1 is 1.42 bits per heavy atom. The summed E-state index contributed by atoms with van der Waals surface area (Å²) in [5.41, 5.74) is 1.30. The van der Waals surface area contributed by atoms with E-state index in [0.717, 1.165) is 24.8 Å². The first kappa shape index (κ1) is 19.0. The van der Waals surface area contributed by atoms with Crippen molar-refractivity contribution in [3.63, 3.8) is 0 Å². The summed E-state index contributed by atoms with van der Waals surface area (Å²) >= 11 is 0. The van der Waals surface area contributed by atoms with Crippen LogP contribution in [-0.4, -0.2) is 46.6 Å². The summed E-state index contributed by atoms with van der Waals surface area (Å²) in [6.07, 6.45) is 2.89. The number of ether oxygens (including phenoxy) is 1. The molecule has 0 spiro atoms. The molecule has 0 bridgehead atoms. The van der Waals surface area contributed by atoms with Crippen LogP contribution in [0.2, 0.25) is 0 Å². The highest BCUT2D eigenvalue weighted by molar-refractivity contribution is 7.46. The number of aromatic carboxylic acids is 1. The first-order chi connectivity index (χ1) is 11.5. The summed E-state index contributed by atoms with van der Waals surface area (Å²) in [7, 11) is -2.32. The first-order valence-electron chi connectivity index (χ1n) is 8.20. The molecule has 1 aliphatic heterocycles. The minimum atomic E-state index is -2.32. The van der Waals surface area contributed by atoms with Crippen LogP contribution in [0.1, 0.15) is 42.1 Å². The van der Waals surface area contributed by atoms with E-state index in [4.69, 9.17) is 9.84 Å². The lowest BCUT2D eigenvalue weighted by atomic mass is 10.0.